The Morgan fingerprint density at radius 2 is 2.26 bits per heavy atom. The number of nitrogen functional groups attached to an aromatic ring is 1. The molecule has 6 rings (SSSR count). The molecule has 5 heterocycles. The van der Waals surface area contributed by atoms with E-state index in [1.807, 2.05) is 6.92 Å². The van der Waals surface area contributed by atoms with E-state index in [0.29, 0.717) is 64.7 Å². The Hall–Kier alpha value is -2.89. The van der Waals surface area contributed by atoms with Crippen LogP contribution < -0.4 is 21.7 Å². The van der Waals surface area contributed by atoms with Crippen molar-refractivity contribution in [2.24, 2.45) is 11.1 Å². The number of amides is 1. The minimum atomic E-state index is -0.286. The molecule has 184 valence electrons. The van der Waals surface area contributed by atoms with E-state index in [-0.39, 0.29) is 29.2 Å². The van der Waals surface area contributed by atoms with Gasteiger partial charge in [0.25, 0.3) is 5.91 Å². The highest BCUT2D eigenvalue weighted by atomic mass is 32.1. The van der Waals surface area contributed by atoms with Gasteiger partial charge in [0.1, 0.15) is 26.9 Å². The number of carbonyl (C=O) groups excluding carboxylic acids is 1. The standard InChI is InChI=1S/C24H28FN7O2S/c1-12-8-28-20-19(27)21(35-23(20)29-12)22(33)30-13-2-3-16-14(6-13)15(25)7-18(31-16)32-9-17(26)24(10-32)4-5-34-11-24/h7-8,13,17H,2-6,9-11,26-27H2,1H3,(H,30,33). The molecule has 2 aliphatic heterocycles. The van der Waals surface area contributed by atoms with Crippen LogP contribution >= 0.6 is 11.3 Å². The topological polar surface area (TPSA) is 132 Å². The number of nitrogens with two attached hydrogens (primary N) is 2. The Morgan fingerprint density at radius 3 is 3.06 bits per heavy atom. The van der Waals surface area contributed by atoms with Crippen LogP contribution in [0.25, 0.3) is 10.3 Å². The molecule has 1 spiro atoms. The van der Waals surface area contributed by atoms with Crippen molar-refractivity contribution in [3.63, 3.8) is 0 Å². The molecule has 3 unspecified atom stereocenters. The van der Waals surface area contributed by atoms with E-state index in [1.54, 1.807) is 6.20 Å². The molecule has 5 N–H and O–H groups in total. The number of hydrogen-bond donors (Lipinski definition) is 3. The highest BCUT2D eigenvalue weighted by Gasteiger charge is 2.48. The van der Waals surface area contributed by atoms with Gasteiger partial charge in [-0.2, -0.15) is 0 Å². The van der Waals surface area contributed by atoms with Crippen LogP contribution in [0, 0.1) is 18.2 Å². The minimum Gasteiger partial charge on any atom is -0.396 e. The predicted molar refractivity (Wildman–Crippen MR) is 132 cm³/mol. The fourth-order valence-corrected chi connectivity index (χ4v) is 6.54. The van der Waals surface area contributed by atoms with E-state index in [1.165, 1.54) is 17.4 Å². The SMILES string of the molecule is Cc1cnc2c(N)c(C(=O)NC3CCc4nc(N5CC(N)C6(CCOC6)C5)cc(F)c4C3)sc2n1. The van der Waals surface area contributed by atoms with Gasteiger partial charge in [-0.15, -0.1) is 11.3 Å². The first-order valence-corrected chi connectivity index (χ1v) is 12.7. The number of nitrogens with zero attached hydrogens (tertiary/aromatic N) is 4. The van der Waals surface area contributed by atoms with Gasteiger partial charge >= 0.3 is 0 Å². The normalized spacial score (nSPS) is 26.0. The lowest BCUT2D eigenvalue weighted by atomic mass is 9.83. The number of pyridine rings is 1. The molecule has 0 radical (unpaired) electrons. The fraction of sp³-hybridized carbons (Fsp3) is 0.500. The average molecular weight is 498 g/mol. The Bertz CT molecular complexity index is 1320. The van der Waals surface area contributed by atoms with Crippen LogP contribution in [0.5, 0.6) is 0 Å². The zero-order chi connectivity index (χ0) is 24.3. The van der Waals surface area contributed by atoms with Crippen molar-refractivity contribution in [3.05, 3.63) is 39.9 Å². The summed E-state index contributed by atoms with van der Waals surface area (Å²) < 4.78 is 20.9. The quantitative estimate of drug-likeness (QED) is 0.500. The number of rotatable bonds is 3. The second-order valence-electron chi connectivity index (χ2n) is 9.96. The maximum atomic E-state index is 15.3. The van der Waals surface area contributed by atoms with E-state index in [0.717, 1.165) is 31.0 Å². The molecule has 2 fully saturated rings. The number of hydrogen-bond acceptors (Lipinski definition) is 9. The summed E-state index contributed by atoms with van der Waals surface area (Å²) in [5, 5.41) is 3.03. The number of thiophene rings is 1. The first kappa shape index (κ1) is 22.6. The summed E-state index contributed by atoms with van der Waals surface area (Å²) in [6, 6.07) is 1.29. The van der Waals surface area contributed by atoms with Gasteiger partial charge in [0.2, 0.25) is 0 Å². The molecule has 3 atom stereocenters. The van der Waals surface area contributed by atoms with Crippen LogP contribution in [0.1, 0.15) is 39.5 Å². The Kier molecular flexibility index (Phi) is 5.39. The molecule has 3 aliphatic rings. The molecule has 1 aliphatic carbocycles. The summed E-state index contributed by atoms with van der Waals surface area (Å²) in [6.45, 7) is 4.59. The van der Waals surface area contributed by atoms with Crippen molar-refractivity contribution < 1.29 is 13.9 Å². The van der Waals surface area contributed by atoms with Crippen molar-refractivity contribution >= 4 is 39.1 Å². The molecule has 0 bridgehead atoms. The van der Waals surface area contributed by atoms with Crippen molar-refractivity contribution in [2.45, 2.75) is 44.7 Å². The average Bonchev–Trinajstić information content (AvgIpc) is 3.53. The monoisotopic (exact) mass is 497 g/mol. The zero-order valence-electron chi connectivity index (χ0n) is 19.5. The number of fused-ring (bicyclic) bond motifs is 2. The third-order valence-electron chi connectivity index (χ3n) is 7.59. The van der Waals surface area contributed by atoms with E-state index < -0.39 is 0 Å². The molecule has 11 heteroatoms. The van der Waals surface area contributed by atoms with Gasteiger partial charge in [0.05, 0.1) is 18.0 Å². The zero-order valence-corrected chi connectivity index (χ0v) is 20.3. The third-order valence-corrected chi connectivity index (χ3v) is 8.68. The fourth-order valence-electron chi connectivity index (χ4n) is 5.54. The van der Waals surface area contributed by atoms with Crippen LogP contribution in [0.3, 0.4) is 0 Å². The van der Waals surface area contributed by atoms with Crippen LogP contribution in [0.2, 0.25) is 0 Å². The van der Waals surface area contributed by atoms with Gasteiger partial charge in [-0.05, 0) is 32.6 Å². The molecule has 35 heavy (non-hydrogen) atoms. The highest BCUT2D eigenvalue weighted by molar-refractivity contribution is 7.21. The number of aromatic nitrogens is 3. The maximum Gasteiger partial charge on any atom is 0.263 e. The summed E-state index contributed by atoms with van der Waals surface area (Å²) in [5.74, 6) is 0.0706. The van der Waals surface area contributed by atoms with Crippen molar-refractivity contribution in [3.8, 4) is 0 Å². The van der Waals surface area contributed by atoms with E-state index in [2.05, 4.69) is 20.2 Å². The molecule has 2 saturated heterocycles. The number of anilines is 2. The van der Waals surface area contributed by atoms with Crippen LogP contribution in [-0.4, -0.2) is 59.2 Å². The molecular formula is C24H28FN7O2S. The second kappa shape index (κ2) is 8.35. The van der Waals surface area contributed by atoms with Gasteiger partial charge in [0.15, 0.2) is 0 Å². The summed E-state index contributed by atoms with van der Waals surface area (Å²) in [4.78, 5) is 29.6. The Labute approximate surface area is 206 Å². The lowest BCUT2D eigenvalue weighted by Gasteiger charge is -2.28. The maximum absolute atomic E-state index is 15.3. The van der Waals surface area contributed by atoms with Crippen molar-refractivity contribution in [1.29, 1.82) is 0 Å². The number of nitrogens with one attached hydrogen (secondary N) is 1. The largest absolute Gasteiger partial charge is 0.396 e. The van der Waals surface area contributed by atoms with Crippen molar-refractivity contribution in [1.82, 2.24) is 20.3 Å². The van der Waals surface area contributed by atoms with Crippen LogP contribution in [-0.2, 0) is 17.6 Å². The van der Waals surface area contributed by atoms with Gasteiger partial charge in [-0.3, -0.25) is 4.79 Å². The highest BCUT2D eigenvalue weighted by Crippen LogP contribution is 2.40. The first-order chi connectivity index (χ1) is 16.8. The molecule has 0 aromatic carbocycles. The Balaban J connectivity index is 1.18. The summed E-state index contributed by atoms with van der Waals surface area (Å²) in [5.41, 5.74) is 15.5. The molecule has 3 aromatic heterocycles. The van der Waals surface area contributed by atoms with Gasteiger partial charge in [-0.1, -0.05) is 0 Å². The van der Waals surface area contributed by atoms with Crippen LogP contribution in [0.15, 0.2) is 12.3 Å². The van der Waals surface area contributed by atoms with E-state index in [4.69, 9.17) is 21.2 Å². The molecule has 3 aromatic rings. The number of halogens is 1. The third kappa shape index (κ3) is 3.82. The lowest BCUT2D eigenvalue weighted by molar-refractivity contribution is 0.0938. The smallest absolute Gasteiger partial charge is 0.263 e. The second-order valence-corrected chi connectivity index (χ2v) is 11.0. The summed E-state index contributed by atoms with van der Waals surface area (Å²) >= 11 is 1.23. The van der Waals surface area contributed by atoms with Gasteiger partial charge in [-0.25, -0.2) is 19.3 Å². The molecule has 9 nitrogen and oxygen atoms in total. The van der Waals surface area contributed by atoms with E-state index in [9.17, 15) is 4.79 Å². The summed E-state index contributed by atoms with van der Waals surface area (Å²) in [6.07, 6.45) is 4.20. The van der Waals surface area contributed by atoms with Crippen molar-refractivity contribution in [2.75, 3.05) is 36.9 Å². The summed E-state index contributed by atoms with van der Waals surface area (Å²) in [7, 11) is 0. The molecular weight excluding hydrogens is 469 g/mol. The molecule has 0 saturated carbocycles. The van der Waals surface area contributed by atoms with E-state index >= 15 is 4.39 Å². The number of carbonyl (C=O) groups is 1. The Morgan fingerprint density at radius 1 is 1.40 bits per heavy atom. The predicted octanol–water partition coefficient (Wildman–Crippen LogP) is 1.96. The number of ether oxygens (including phenoxy) is 1. The van der Waals surface area contributed by atoms with Gasteiger partial charge in [0, 0.05) is 60.7 Å². The first-order valence-electron chi connectivity index (χ1n) is 11.9. The van der Waals surface area contributed by atoms with Crippen LogP contribution in [0.4, 0.5) is 15.9 Å². The minimum absolute atomic E-state index is 0.0128. The number of aryl methyl sites for hydroxylation is 2. The van der Waals surface area contributed by atoms with Gasteiger partial charge < -0.3 is 26.4 Å². The lowest BCUT2D eigenvalue weighted by Crippen LogP contribution is -2.40. The molecule has 1 amide bonds.